The molecule has 0 amide bonds. The number of hydrogen-bond acceptors (Lipinski definition) is 10. The van der Waals surface area contributed by atoms with Crippen molar-refractivity contribution in [1.29, 1.82) is 0 Å². The average Bonchev–Trinajstić information content (AvgIpc) is 3.68. The predicted molar refractivity (Wildman–Crippen MR) is 172 cm³/mol. The Morgan fingerprint density at radius 2 is 1.79 bits per heavy atom. The fourth-order valence-electron chi connectivity index (χ4n) is 4.84. The van der Waals surface area contributed by atoms with Crippen molar-refractivity contribution < 1.29 is 13.2 Å². The second-order valence-corrected chi connectivity index (χ2v) is 12.9. The van der Waals surface area contributed by atoms with E-state index in [0.29, 0.717) is 30.3 Å². The molecule has 3 N–H and O–H groups in total. The minimum atomic E-state index is -3.78. The smallest absolute Gasteiger partial charge is 0.263 e. The number of nitrogens with zero attached hydrogens (tertiary/aromatic N) is 6. The van der Waals surface area contributed by atoms with Gasteiger partial charge < -0.3 is 24.8 Å². The highest BCUT2D eigenvalue weighted by Gasteiger charge is 2.24. The monoisotopic (exact) mass is 635 g/mol. The maximum Gasteiger partial charge on any atom is 0.263 e. The zero-order chi connectivity index (χ0) is 30.0. The molecule has 1 aliphatic rings. The Morgan fingerprint density at radius 3 is 2.47 bits per heavy atom. The summed E-state index contributed by atoms with van der Waals surface area (Å²) in [5.74, 6) is 1.68. The van der Waals surface area contributed by atoms with E-state index in [0.717, 1.165) is 51.8 Å². The van der Waals surface area contributed by atoms with Gasteiger partial charge in [-0.15, -0.1) is 10.2 Å². The summed E-state index contributed by atoms with van der Waals surface area (Å²) in [7, 11) is -2.13. The van der Waals surface area contributed by atoms with E-state index in [2.05, 4.69) is 45.0 Å². The lowest BCUT2D eigenvalue weighted by atomic mass is 10.1. The Labute approximate surface area is 258 Å². The average molecular weight is 636 g/mol. The van der Waals surface area contributed by atoms with Gasteiger partial charge in [0.25, 0.3) is 10.0 Å². The number of nitrogens with one attached hydrogen (secondary N) is 3. The molecule has 43 heavy (non-hydrogen) atoms. The van der Waals surface area contributed by atoms with Gasteiger partial charge in [0.2, 0.25) is 5.13 Å². The second kappa shape index (κ2) is 12.1. The van der Waals surface area contributed by atoms with Crippen LogP contribution in [0.5, 0.6) is 5.75 Å². The summed E-state index contributed by atoms with van der Waals surface area (Å²) >= 11 is 6.92. The number of benzene rings is 2. The van der Waals surface area contributed by atoms with Gasteiger partial charge in [0.1, 0.15) is 28.5 Å². The van der Waals surface area contributed by atoms with Crippen LogP contribution in [0.3, 0.4) is 0 Å². The summed E-state index contributed by atoms with van der Waals surface area (Å²) in [6.45, 7) is 4.76. The Morgan fingerprint density at radius 1 is 1.05 bits per heavy atom. The zero-order valence-corrected chi connectivity index (χ0v) is 25.9. The molecular weight excluding hydrogens is 607 g/mol. The number of ether oxygens (including phenoxy) is 1. The first-order chi connectivity index (χ1) is 20.8. The standard InChI is InChI=1S/C28H29N9O3S3/c1-3-23-33-34-27(42-23)35-43(38,39)21-10-6-19(7-11-21)32-28(41)37-14-12-36(13-15-37)26-24-22(16-29-25(24)30-17-31-26)18-4-8-20(40-2)9-5-18/h4-11,16-17H,3,12-15H2,1-2H3,(H,32,41)(H,34,35)(H,29,30,31). The van der Waals surface area contributed by atoms with Crippen molar-refractivity contribution in [3.63, 3.8) is 0 Å². The Balaban J connectivity index is 1.09. The molecule has 222 valence electrons. The van der Waals surface area contributed by atoms with Crippen molar-refractivity contribution in [3.8, 4) is 16.9 Å². The largest absolute Gasteiger partial charge is 0.497 e. The molecule has 0 aliphatic carbocycles. The molecule has 1 fully saturated rings. The van der Waals surface area contributed by atoms with E-state index in [-0.39, 0.29) is 10.0 Å². The highest BCUT2D eigenvalue weighted by molar-refractivity contribution is 7.93. The van der Waals surface area contributed by atoms with Gasteiger partial charge in [-0.05, 0) is 60.6 Å². The molecule has 2 aromatic carbocycles. The van der Waals surface area contributed by atoms with Crippen molar-refractivity contribution in [2.45, 2.75) is 18.2 Å². The van der Waals surface area contributed by atoms with Crippen LogP contribution in [0, 0.1) is 0 Å². The number of hydrogen-bond donors (Lipinski definition) is 3. The summed E-state index contributed by atoms with van der Waals surface area (Å²) < 4.78 is 33.3. The van der Waals surface area contributed by atoms with Gasteiger partial charge in [-0.2, -0.15) is 0 Å². The molecule has 4 heterocycles. The van der Waals surface area contributed by atoms with E-state index >= 15 is 0 Å². The summed E-state index contributed by atoms with van der Waals surface area (Å²) in [6, 6.07) is 14.4. The van der Waals surface area contributed by atoms with E-state index in [4.69, 9.17) is 17.0 Å². The van der Waals surface area contributed by atoms with Gasteiger partial charge in [0.15, 0.2) is 5.11 Å². The second-order valence-electron chi connectivity index (χ2n) is 9.74. The lowest BCUT2D eigenvalue weighted by molar-refractivity contribution is 0.390. The molecule has 3 aromatic heterocycles. The highest BCUT2D eigenvalue weighted by atomic mass is 32.2. The van der Waals surface area contributed by atoms with Crippen LogP contribution < -0.4 is 19.7 Å². The number of rotatable bonds is 8. The number of piperazine rings is 1. The molecule has 5 aromatic rings. The predicted octanol–water partition coefficient (Wildman–Crippen LogP) is 4.37. The Bertz CT molecular complexity index is 1850. The first-order valence-corrected chi connectivity index (χ1v) is 16.3. The number of methoxy groups -OCH3 is 1. The number of aromatic nitrogens is 5. The maximum absolute atomic E-state index is 12.8. The van der Waals surface area contributed by atoms with Gasteiger partial charge >= 0.3 is 0 Å². The lowest BCUT2D eigenvalue weighted by Crippen LogP contribution is -2.50. The van der Waals surface area contributed by atoms with Gasteiger partial charge in [-0.25, -0.2) is 18.4 Å². The lowest BCUT2D eigenvalue weighted by Gasteiger charge is -2.37. The molecule has 0 spiro atoms. The number of aromatic amines is 1. The Kier molecular flexibility index (Phi) is 8.10. The summed E-state index contributed by atoms with van der Waals surface area (Å²) in [4.78, 5) is 16.9. The Hall–Kier alpha value is -4.34. The van der Waals surface area contributed by atoms with Crippen molar-refractivity contribution in [2.24, 2.45) is 0 Å². The molecule has 0 bridgehead atoms. The fourth-order valence-corrected chi connectivity index (χ4v) is 7.05. The van der Waals surface area contributed by atoms with Gasteiger partial charge in [-0.3, -0.25) is 4.72 Å². The molecule has 0 radical (unpaired) electrons. The fraction of sp³-hybridized carbons (Fsp3) is 0.250. The maximum atomic E-state index is 12.8. The van der Waals surface area contributed by atoms with Crippen molar-refractivity contribution in [1.82, 2.24) is 30.0 Å². The topological polar surface area (TPSA) is 141 Å². The van der Waals surface area contributed by atoms with E-state index < -0.39 is 10.0 Å². The number of sulfonamides is 1. The number of H-pyrrole nitrogens is 1. The van der Waals surface area contributed by atoms with Crippen molar-refractivity contribution in [3.05, 3.63) is 66.1 Å². The number of anilines is 3. The van der Waals surface area contributed by atoms with Gasteiger partial charge in [-0.1, -0.05) is 30.4 Å². The normalized spacial score (nSPS) is 13.7. The molecule has 15 heteroatoms. The number of aryl methyl sites for hydroxylation is 1. The van der Waals surface area contributed by atoms with Crippen LogP contribution >= 0.6 is 23.6 Å². The first kappa shape index (κ1) is 28.8. The zero-order valence-electron chi connectivity index (χ0n) is 23.4. The van der Waals surface area contributed by atoms with E-state index in [9.17, 15) is 8.42 Å². The molecule has 6 rings (SSSR count). The summed E-state index contributed by atoms with van der Waals surface area (Å²) in [5.41, 5.74) is 3.56. The molecule has 1 saturated heterocycles. The SMILES string of the molecule is CCc1nnc(NS(=O)(=O)c2ccc(NC(=S)N3CCN(c4ncnc5[nH]cc(-c6ccc(OC)cc6)c45)CC3)cc2)s1. The van der Waals surface area contributed by atoms with Crippen molar-refractivity contribution in [2.75, 3.05) is 48.2 Å². The van der Waals surface area contributed by atoms with Crippen LogP contribution in [0.4, 0.5) is 16.6 Å². The van der Waals surface area contributed by atoms with E-state index in [1.165, 1.54) is 23.5 Å². The highest BCUT2D eigenvalue weighted by Crippen LogP contribution is 2.34. The van der Waals surface area contributed by atoms with Crippen LogP contribution in [0.15, 0.2) is 66.0 Å². The van der Waals surface area contributed by atoms with Crippen LogP contribution in [0.25, 0.3) is 22.2 Å². The number of fused-ring (bicyclic) bond motifs is 1. The van der Waals surface area contributed by atoms with Crippen LogP contribution in [-0.4, -0.2) is 76.9 Å². The van der Waals surface area contributed by atoms with Gasteiger partial charge in [0.05, 0.1) is 17.4 Å². The molecule has 1 aliphatic heterocycles. The molecule has 12 nitrogen and oxygen atoms in total. The van der Waals surface area contributed by atoms with E-state index in [1.807, 2.05) is 37.4 Å². The molecular formula is C28H29N9O3S3. The number of thiocarbonyl (C=S) groups is 1. The minimum absolute atomic E-state index is 0.126. The summed E-state index contributed by atoms with van der Waals surface area (Å²) in [6.07, 6.45) is 4.24. The first-order valence-electron chi connectivity index (χ1n) is 13.6. The minimum Gasteiger partial charge on any atom is -0.497 e. The van der Waals surface area contributed by atoms with Crippen LogP contribution in [0.1, 0.15) is 11.9 Å². The van der Waals surface area contributed by atoms with Crippen molar-refractivity contribution >= 4 is 66.4 Å². The molecule has 0 unspecified atom stereocenters. The van der Waals surface area contributed by atoms with Crippen LogP contribution in [0.2, 0.25) is 0 Å². The quantitative estimate of drug-likeness (QED) is 0.209. The molecule has 0 saturated carbocycles. The third kappa shape index (κ3) is 6.09. The third-order valence-corrected chi connectivity index (χ3v) is 9.95. The molecule has 0 atom stereocenters. The van der Waals surface area contributed by atoms with E-state index in [1.54, 1.807) is 25.6 Å². The summed E-state index contributed by atoms with van der Waals surface area (Å²) in [5, 5.41) is 13.6. The third-order valence-electron chi connectivity index (χ3n) is 7.12. The van der Waals surface area contributed by atoms with Crippen LogP contribution in [-0.2, 0) is 16.4 Å². The van der Waals surface area contributed by atoms with Gasteiger partial charge in [0, 0.05) is 43.6 Å².